The molecule has 1 aromatic carbocycles. The molecule has 1 fully saturated rings. The standard InChI is InChI=1S/C15H22F3N3/c1-11-10-20(2)6-3-7-21(11)14-5-4-13(15(16,17)18)8-12(14)9-19/h4-5,8,11H,3,6-7,9-10,19H2,1-2H3. The van der Waals surface area contributed by atoms with Crippen molar-refractivity contribution in [3.63, 3.8) is 0 Å². The number of likely N-dealkylation sites (N-methyl/N-ethyl adjacent to an activating group) is 1. The third kappa shape index (κ3) is 3.68. The second kappa shape index (κ2) is 6.23. The summed E-state index contributed by atoms with van der Waals surface area (Å²) in [5, 5.41) is 0. The molecular weight excluding hydrogens is 279 g/mol. The average molecular weight is 301 g/mol. The molecule has 2 rings (SSSR count). The molecule has 0 radical (unpaired) electrons. The first-order chi connectivity index (χ1) is 9.82. The van der Waals surface area contributed by atoms with E-state index in [1.807, 2.05) is 0 Å². The Bertz CT molecular complexity index is 488. The Labute approximate surface area is 123 Å². The molecular formula is C15H22F3N3. The molecule has 1 saturated heterocycles. The smallest absolute Gasteiger partial charge is 0.367 e. The van der Waals surface area contributed by atoms with Gasteiger partial charge in [-0.25, -0.2) is 0 Å². The maximum Gasteiger partial charge on any atom is 0.416 e. The Morgan fingerprint density at radius 3 is 2.62 bits per heavy atom. The van der Waals surface area contributed by atoms with Crippen molar-refractivity contribution < 1.29 is 13.2 Å². The number of nitrogens with two attached hydrogens (primary N) is 1. The molecule has 1 unspecified atom stereocenters. The Kier molecular flexibility index (Phi) is 4.78. The van der Waals surface area contributed by atoms with Crippen molar-refractivity contribution in [3.05, 3.63) is 29.3 Å². The summed E-state index contributed by atoms with van der Waals surface area (Å²) in [4.78, 5) is 4.42. The summed E-state index contributed by atoms with van der Waals surface area (Å²) < 4.78 is 38.4. The first-order valence-corrected chi connectivity index (χ1v) is 7.18. The van der Waals surface area contributed by atoms with E-state index in [1.54, 1.807) is 6.07 Å². The van der Waals surface area contributed by atoms with Gasteiger partial charge >= 0.3 is 6.18 Å². The van der Waals surface area contributed by atoms with Crippen LogP contribution in [0.5, 0.6) is 0 Å². The zero-order valence-corrected chi connectivity index (χ0v) is 12.5. The average Bonchev–Trinajstić information content (AvgIpc) is 2.57. The third-order valence-corrected chi connectivity index (χ3v) is 3.98. The molecule has 118 valence electrons. The van der Waals surface area contributed by atoms with Gasteiger partial charge in [0.2, 0.25) is 0 Å². The van der Waals surface area contributed by atoms with Gasteiger partial charge in [-0.2, -0.15) is 13.2 Å². The van der Waals surface area contributed by atoms with Crippen LogP contribution in [-0.2, 0) is 12.7 Å². The lowest BCUT2D eigenvalue weighted by atomic mass is 10.1. The lowest BCUT2D eigenvalue weighted by molar-refractivity contribution is -0.137. The molecule has 0 aliphatic carbocycles. The number of hydrogen-bond acceptors (Lipinski definition) is 3. The van der Waals surface area contributed by atoms with Crippen molar-refractivity contribution in [2.75, 3.05) is 31.6 Å². The largest absolute Gasteiger partial charge is 0.416 e. The highest BCUT2D eigenvalue weighted by molar-refractivity contribution is 5.56. The molecule has 0 aromatic heterocycles. The molecule has 2 N–H and O–H groups in total. The lowest BCUT2D eigenvalue weighted by Crippen LogP contribution is -2.38. The lowest BCUT2D eigenvalue weighted by Gasteiger charge is -2.32. The van der Waals surface area contributed by atoms with E-state index < -0.39 is 11.7 Å². The molecule has 0 amide bonds. The van der Waals surface area contributed by atoms with E-state index in [9.17, 15) is 13.2 Å². The second-order valence-electron chi connectivity index (χ2n) is 5.70. The predicted molar refractivity (Wildman–Crippen MR) is 78.3 cm³/mol. The van der Waals surface area contributed by atoms with E-state index in [1.165, 1.54) is 6.07 Å². The van der Waals surface area contributed by atoms with Gasteiger partial charge in [-0.05, 0) is 50.7 Å². The second-order valence-corrected chi connectivity index (χ2v) is 5.70. The molecule has 21 heavy (non-hydrogen) atoms. The van der Waals surface area contributed by atoms with Gasteiger partial charge in [0.25, 0.3) is 0 Å². The van der Waals surface area contributed by atoms with Crippen LogP contribution in [0.3, 0.4) is 0 Å². The van der Waals surface area contributed by atoms with Crippen molar-refractivity contribution in [2.24, 2.45) is 5.73 Å². The Balaban J connectivity index is 2.34. The summed E-state index contributed by atoms with van der Waals surface area (Å²) in [5.41, 5.74) is 6.43. The van der Waals surface area contributed by atoms with E-state index in [4.69, 9.17) is 5.73 Å². The fraction of sp³-hybridized carbons (Fsp3) is 0.600. The molecule has 1 atom stereocenters. The highest BCUT2D eigenvalue weighted by Crippen LogP contribution is 2.33. The van der Waals surface area contributed by atoms with Crippen LogP contribution in [0.4, 0.5) is 18.9 Å². The van der Waals surface area contributed by atoms with Gasteiger partial charge in [-0.15, -0.1) is 0 Å². The van der Waals surface area contributed by atoms with Crippen molar-refractivity contribution in [3.8, 4) is 0 Å². The highest BCUT2D eigenvalue weighted by Gasteiger charge is 2.31. The highest BCUT2D eigenvalue weighted by atomic mass is 19.4. The van der Waals surface area contributed by atoms with Gasteiger partial charge in [-0.3, -0.25) is 0 Å². The molecule has 6 heteroatoms. The molecule has 0 spiro atoms. The zero-order chi connectivity index (χ0) is 15.6. The quantitative estimate of drug-likeness (QED) is 0.911. The first-order valence-electron chi connectivity index (χ1n) is 7.18. The van der Waals surface area contributed by atoms with Crippen LogP contribution >= 0.6 is 0 Å². The van der Waals surface area contributed by atoms with Gasteiger partial charge < -0.3 is 15.5 Å². The summed E-state index contributed by atoms with van der Waals surface area (Å²) in [7, 11) is 2.07. The Hall–Kier alpha value is -1.27. The number of anilines is 1. The van der Waals surface area contributed by atoms with Crippen LogP contribution in [0.15, 0.2) is 18.2 Å². The molecule has 1 aliphatic rings. The van der Waals surface area contributed by atoms with Gasteiger partial charge in [-0.1, -0.05) is 0 Å². The van der Waals surface area contributed by atoms with Crippen molar-refractivity contribution >= 4 is 5.69 Å². The number of alkyl halides is 3. The predicted octanol–water partition coefficient (Wildman–Crippen LogP) is 2.69. The minimum Gasteiger partial charge on any atom is -0.367 e. The minimum atomic E-state index is -4.33. The zero-order valence-electron chi connectivity index (χ0n) is 12.5. The molecule has 1 aromatic rings. The number of hydrogen-bond donors (Lipinski definition) is 1. The van der Waals surface area contributed by atoms with E-state index in [0.29, 0.717) is 5.56 Å². The van der Waals surface area contributed by atoms with E-state index in [0.717, 1.165) is 37.8 Å². The maximum absolute atomic E-state index is 12.8. The molecule has 1 aliphatic heterocycles. The van der Waals surface area contributed by atoms with Crippen molar-refractivity contribution in [1.82, 2.24) is 4.90 Å². The molecule has 0 saturated carbocycles. The molecule has 0 bridgehead atoms. The molecule has 1 heterocycles. The number of halogens is 3. The SMILES string of the molecule is CC1CN(C)CCCN1c1ccc(C(F)(F)F)cc1CN. The fourth-order valence-corrected chi connectivity index (χ4v) is 2.94. The fourth-order valence-electron chi connectivity index (χ4n) is 2.94. The number of rotatable bonds is 2. The van der Waals surface area contributed by atoms with Crippen LogP contribution in [0, 0.1) is 0 Å². The van der Waals surface area contributed by atoms with Gasteiger partial charge in [0.05, 0.1) is 5.56 Å². The summed E-state index contributed by atoms with van der Waals surface area (Å²) in [6.07, 6.45) is -3.33. The van der Waals surface area contributed by atoms with Crippen LogP contribution < -0.4 is 10.6 Å². The summed E-state index contributed by atoms with van der Waals surface area (Å²) >= 11 is 0. The van der Waals surface area contributed by atoms with Gasteiger partial charge in [0.1, 0.15) is 0 Å². The monoisotopic (exact) mass is 301 g/mol. The maximum atomic E-state index is 12.8. The Morgan fingerprint density at radius 1 is 1.29 bits per heavy atom. The minimum absolute atomic E-state index is 0.109. The topological polar surface area (TPSA) is 32.5 Å². The van der Waals surface area contributed by atoms with E-state index >= 15 is 0 Å². The van der Waals surface area contributed by atoms with Gasteiger partial charge in [0, 0.05) is 31.4 Å². The van der Waals surface area contributed by atoms with Crippen LogP contribution in [0.1, 0.15) is 24.5 Å². The first kappa shape index (κ1) is 16.1. The summed E-state index contributed by atoms with van der Waals surface area (Å²) in [5.74, 6) is 0. The third-order valence-electron chi connectivity index (χ3n) is 3.98. The Morgan fingerprint density at radius 2 is 2.00 bits per heavy atom. The van der Waals surface area contributed by atoms with E-state index in [-0.39, 0.29) is 12.6 Å². The van der Waals surface area contributed by atoms with Crippen molar-refractivity contribution in [2.45, 2.75) is 32.1 Å². The summed E-state index contributed by atoms with van der Waals surface area (Å²) in [6, 6.07) is 4.14. The number of benzene rings is 1. The van der Waals surface area contributed by atoms with Gasteiger partial charge in [0.15, 0.2) is 0 Å². The van der Waals surface area contributed by atoms with Crippen LogP contribution in [0.25, 0.3) is 0 Å². The number of nitrogens with zero attached hydrogens (tertiary/aromatic N) is 2. The summed E-state index contributed by atoms with van der Waals surface area (Å²) in [6.45, 7) is 4.94. The molecule has 3 nitrogen and oxygen atoms in total. The van der Waals surface area contributed by atoms with E-state index in [2.05, 4.69) is 23.8 Å². The van der Waals surface area contributed by atoms with Crippen LogP contribution in [0.2, 0.25) is 0 Å². The van der Waals surface area contributed by atoms with Crippen LogP contribution in [-0.4, -0.2) is 37.6 Å². The normalized spacial score (nSPS) is 21.4. The van der Waals surface area contributed by atoms with Crippen molar-refractivity contribution in [1.29, 1.82) is 0 Å².